The quantitative estimate of drug-likeness (QED) is 0.641. The van der Waals surface area contributed by atoms with Crippen molar-refractivity contribution in [2.75, 3.05) is 31.5 Å². The van der Waals surface area contributed by atoms with Gasteiger partial charge in [-0.15, -0.1) is 0 Å². The van der Waals surface area contributed by atoms with Crippen molar-refractivity contribution < 1.29 is 14.7 Å². The molecule has 1 saturated heterocycles. The van der Waals surface area contributed by atoms with E-state index in [1.165, 1.54) is 12.8 Å². The summed E-state index contributed by atoms with van der Waals surface area (Å²) in [7, 11) is 0. The first-order valence-electron chi connectivity index (χ1n) is 12.7. The second kappa shape index (κ2) is 11.2. The molecule has 182 valence electrons. The molecule has 2 saturated carbocycles. The van der Waals surface area contributed by atoms with E-state index in [1.54, 1.807) is 0 Å². The maximum atomic E-state index is 12.7. The molecule has 0 aromatic heterocycles. The molecule has 1 aromatic carbocycles. The fourth-order valence-corrected chi connectivity index (χ4v) is 5.88. The van der Waals surface area contributed by atoms with Gasteiger partial charge in [-0.25, -0.2) is 0 Å². The molecule has 2 amide bonds. The Balaban J connectivity index is 1.31. The molecule has 4 rings (SSSR count). The number of amides is 2. The topological polar surface area (TPSA) is 72.9 Å². The fraction of sp³-hybridized carbons (Fsp3) is 0.692. The van der Waals surface area contributed by atoms with Crippen molar-refractivity contribution in [3.8, 4) is 0 Å². The number of aliphatic hydroxyl groups excluding tert-OH is 1. The van der Waals surface area contributed by atoms with E-state index in [2.05, 4.69) is 10.2 Å². The van der Waals surface area contributed by atoms with Gasteiger partial charge in [-0.1, -0.05) is 24.4 Å². The van der Waals surface area contributed by atoms with Crippen LogP contribution in [0.25, 0.3) is 0 Å². The molecule has 33 heavy (non-hydrogen) atoms. The largest absolute Gasteiger partial charge is 0.393 e. The third-order valence-electron chi connectivity index (χ3n) is 7.83. The van der Waals surface area contributed by atoms with Crippen LogP contribution in [0.2, 0.25) is 5.02 Å². The molecule has 0 atom stereocenters. The van der Waals surface area contributed by atoms with E-state index in [9.17, 15) is 14.7 Å². The molecule has 0 unspecified atom stereocenters. The number of aliphatic hydroxyl groups is 1. The molecular weight excluding hydrogens is 438 g/mol. The minimum absolute atomic E-state index is 0.0201. The lowest BCUT2D eigenvalue weighted by Crippen LogP contribution is -2.49. The number of hydrogen-bond donors (Lipinski definition) is 2. The first-order chi connectivity index (χ1) is 15.9. The third-order valence-corrected chi connectivity index (χ3v) is 8.05. The average molecular weight is 476 g/mol. The van der Waals surface area contributed by atoms with Crippen molar-refractivity contribution in [2.24, 2.45) is 11.8 Å². The monoisotopic (exact) mass is 475 g/mol. The maximum Gasteiger partial charge on any atom is 0.225 e. The predicted molar refractivity (Wildman–Crippen MR) is 131 cm³/mol. The van der Waals surface area contributed by atoms with Crippen LogP contribution in [0.15, 0.2) is 12.1 Å². The Morgan fingerprint density at radius 1 is 1.03 bits per heavy atom. The molecule has 7 heteroatoms. The summed E-state index contributed by atoms with van der Waals surface area (Å²) in [6.45, 7) is 6.10. The van der Waals surface area contributed by atoms with Gasteiger partial charge in [0.2, 0.25) is 11.8 Å². The van der Waals surface area contributed by atoms with Gasteiger partial charge < -0.3 is 15.3 Å². The van der Waals surface area contributed by atoms with Crippen molar-refractivity contribution in [1.82, 2.24) is 9.80 Å². The van der Waals surface area contributed by atoms with Gasteiger partial charge in [-0.05, 0) is 74.6 Å². The maximum absolute atomic E-state index is 12.7. The van der Waals surface area contributed by atoms with Gasteiger partial charge in [0.05, 0.1) is 6.10 Å². The van der Waals surface area contributed by atoms with Crippen molar-refractivity contribution in [3.05, 3.63) is 28.3 Å². The van der Waals surface area contributed by atoms with Crippen molar-refractivity contribution >= 4 is 29.1 Å². The normalized spacial score (nSPS) is 24.8. The summed E-state index contributed by atoms with van der Waals surface area (Å²) in [5.41, 5.74) is 2.96. The van der Waals surface area contributed by atoms with Crippen molar-refractivity contribution in [1.29, 1.82) is 0 Å². The Kier molecular flexibility index (Phi) is 8.31. The first kappa shape index (κ1) is 24.5. The van der Waals surface area contributed by atoms with Gasteiger partial charge in [-0.3, -0.25) is 14.5 Å². The second-order valence-electron chi connectivity index (χ2n) is 10.2. The van der Waals surface area contributed by atoms with E-state index in [-0.39, 0.29) is 17.9 Å². The smallest absolute Gasteiger partial charge is 0.225 e. The van der Waals surface area contributed by atoms with Gasteiger partial charge in [0.1, 0.15) is 0 Å². The Labute approximate surface area is 202 Å². The van der Waals surface area contributed by atoms with E-state index in [1.807, 2.05) is 24.0 Å². The first-order valence-corrected chi connectivity index (χ1v) is 13.0. The molecular formula is C26H38ClN3O3. The van der Waals surface area contributed by atoms with Gasteiger partial charge in [0, 0.05) is 55.8 Å². The Hall–Kier alpha value is -1.63. The van der Waals surface area contributed by atoms with E-state index >= 15 is 0 Å². The number of anilines is 1. The minimum Gasteiger partial charge on any atom is -0.393 e. The summed E-state index contributed by atoms with van der Waals surface area (Å²) >= 11 is 6.42. The SMILES string of the molecule is Cc1c(CN2CCN(C(=O)C3CCCC3)CC2)cc(Cl)cc1NC(=O)CC1CCC(O)CC1. The second-order valence-corrected chi connectivity index (χ2v) is 10.7. The van der Waals surface area contributed by atoms with Crippen LogP contribution < -0.4 is 5.32 Å². The molecule has 1 heterocycles. The highest BCUT2D eigenvalue weighted by molar-refractivity contribution is 6.31. The molecule has 2 N–H and O–H groups in total. The molecule has 0 spiro atoms. The third kappa shape index (κ3) is 6.49. The van der Waals surface area contributed by atoms with Crippen LogP contribution in [-0.2, 0) is 16.1 Å². The summed E-state index contributed by atoms with van der Waals surface area (Å²) in [5, 5.41) is 13.4. The zero-order valence-corrected chi connectivity index (χ0v) is 20.6. The number of carbonyl (C=O) groups excluding carboxylic acids is 2. The van der Waals surface area contributed by atoms with Crippen LogP contribution in [0.4, 0.5) is 5.69 Å². The lowest BCUT2D eigenvalue weighted by molar-refractivity contribution is -0.137. The van der Waals surface area contributed by atoms with E-state index < -0.39 is 0 Å². The predicted octanol–water partition coefficient (Wildman–Crippen LogP) is 4.36. The lowest BCUT2D eigenvalue weighted by Gasteiger charge is -2.36. The summed E-state index contributed by atoms with van der Waals surface area (Å²) in [6, 6.07) is 3.83. The average Bonchev–Trinajstić information content (AvgIpc) is 3.33. The Bertz CT molecular complexity index is 839. The van der Waals surface area contributed by atoms with Crippen molar-refractivity contribution in [2.45, 2.75) is 77.4 Å². The van der Waals surface area contributed by atoms with Crippen LogP contribution >= 0.6 is 11.6 Å². The standard InChI is InChI=1S/C26H38ClN3O3/c1-18-21(17-29-10-12-30(13-11-29)26(33)20-4-2-3-5-20)15-22(27)16-24(18)28-25(32)14-19-6-8-23(31)9-7-19/h15-16,19-20,23,31H,2-14,17H2,1H3,(H,28,32). The van der Waals surface area contributed by atoms with Crippen LogP contribution in [0, 0.1) is 18.8 Å². The summed E-state index contributed by atoms with van der Waals surface area (Å²) in [6.07, 6.45) is 8.16. The highest BCUT2D eigenvalue weighted by atomic mass is 35.5. The van der Waals surface area contributed by atoms with Crippen LogP contribution in [-0.4, -0.2) is 59.0 Å². The molecule has 6 nitrogen and oxygen atoms in total. The number of rotatable bonds is 6. The van der Waals surface area contributed by atoms with E-state index in [0.717, 1.165) is 88.1 Å². The molecule has 0 radical (unpaired) electrons. The van der Waals surface area contributed by atoms with Gasteiger partial charge >= 0.3 is 0 Å². The van der Waals surface area contributed by atoms with Crippen LogP contribution in [0.5, 0.6) is 0 Å². The number of carbonyl (C=O) groups is 2. The number of nitrogens with one attached hydrogen (secondary N) is 1. The highest BCUT2D eigenvalue weighted by Gasteiger charge is 2.29. The van der Waals surface area contributed by atoms with E-state index in [0.29, 0.717) is 23.3 Å². The van der Waals surface area contributed by atoms with E-state index in [4.69, 9.17) is 11.6 Å². The lowest BCUT2D eigenvalue weighted by atomic mass is 9.85. The number of hydrogen-bond acceptors (Lipinski definition) is 4. The summed E-state index contributed by atoms with van der Waals surface area (Å²) in [5.74, 6) is 0.961. The van der Waals surface area contributed by atoms with Gasteiger partial charge in [0.15, 0.2) is 0 Å². The van der Waals surface area contributed by atoms with Gasteiger partial charge in [-0.2, -0.15) is 0 Å². The number of halogens is 1. The zero-order valence-electron chi connectivity index (χ0n) is 19.8. The Morgan fingerprint density at radius 2 is 1.70 bits per heavy atom. The number of nitrogens with zero attached hydrogens (tertiary/aromatic N) is 2. The van der Waals surface area contributed by atoms with Crippen LogP contribution in [0.1, 0.15) is 68.9 Å². The molecule has 3 fully saturated rings. The molecule has 3 aliphatic rings. The molecule has 0 bridgehead atoms. The van der Waals surface area contributed by atoms with Crippen molar-refractivity contribution in [3.63, 3.8) is 0 Å². The van der Waals surface area contributed by atoms with Crippen LogP contribution in [0.3, 0.4) is 0 Å². The Morgan fingerprint density at radius 3 is 2.36 bits per heavy atom. The minimum atomic E-state index is -0.204. The molecule has 2 aliphatic carbocycles. The number of benzene rings is 1. The van der Waals surface area contributed by atoms with Gasteiger partial charge in [0.25, 0.3) is 0 Å². The highest BCUT2D eigenvalue weighted by Crippen LogP contribution is 2.30. The summed E-state index contributed by atoms with van der Waals surface area (Å²) < 4.78 is 0. The zero-order chi connectivity index (χ0) is 23.4. The summed E-state index contributed by atoms with van der Waals surface area (Å²) in [4.78, 5) is 29.8. The molecule has 1 aliphatic heterocycles. The number of piperazine rings is 1. The fourth-order valence-electron chi connectivity index (χ4n) is 5.64. The molecule has 1 aromatic rings.